The van der Waals surface area contributed by atoms with Crippen molar-refractivity contribution in [3.05, 3.63) is 101 Å². The van der Waals surface area contributed by atoms with E-state index in [2.05, 4.69) is 102 Å². The molecule has 2 aromatic carbocycles. The highest BCUT2D eigenvalue weighted by atomic mass is 28.4. The first-order valence-corrected chi connectivity index (χ1v) is 22.0. The smallest absolute Gasteiger partial charge is 0.328 e. The molecule has 0 radical (unpaired) electrons. The number of anilines is 3. The van der Waals surface area contributed by atoms with E-state index in [1.54, 1.807) is 32.3 Å². The second kappa shape index (κ2) is 17.5. The molecule has 312 valence electrons. The van der Waals surface area contributed by atoms with Gasteiger partial charge in [0.25, 0.3) is 8.32 Å². The number of aliphatic hydroxyl groups excluding tert-OH is 1. The lowest BCUT2D eigenvalue weighted by molar-refractivity contribution is -0.110. The second-order valence-electron chi connectivity index (χ2n) is 16.7. The van der Waals surface area contributed by atoms with Gasteiger partial charge in [-0.3, -0.25) is 15.1 Å². The normalized spacial score (nSPS) is 20.8. The third-order valence-corrected chi connectivity index (χ3v) is 17.0. The van der Waals surface area contributed by atoms with E-state index in [0.29, 0.717) is 68.4 Å². The molecule has 4 aliphatic rings. The summed E-state index contributed by atoms with van der Waals surface area (Å²) in [7, 11) is 3.63. The summed E-state index contributed by atoms with van der Waals surface area (Å²) in [5.74, 6) is 0.731. The number of methoxy groups -OCH3 is 3. The highest BCUT2D eigenvalue weighted by Gasteiger charge is 2.63. The van der Waals surface area contributed by atoms with E-state index in [1.807, 2.05) is 24.1 Å². The van der Waals surface area contributed by atoms with Crippen molar-refractivity contribution in [3.8, 4) is 6.07 Å². The summed E-state index contributed by atoms with van der Waals surface area (Å²) in [6, 6.07) is 26.4. The number of ether oxygens (including phenoxy) is 3. The molecule has 2 fully saturated rings. The number of benzene rings is 2. The number of nitrogens with one attached hydrogen (secondary N) is 2. The molecule has 1 unspecified atom stereocenters. The van der Waals surface area contributed by atoms with Crippen LogP contribution in [-0.4, -0.2) is 113 Å². The maximum atomic E-state index is 14.7. The van der Waals surface area contributed by atoms with Crippen LogP contribution in [0.3, 0.4) is 0 Å². The summed E-state index contributed by atoms with van der Waals surface area (Å²) in [5, 5.41) is 29.2. The molecule has 3 aliphatic heterocycles. The van der Waals surface area contributed by atoms with Crippen molar-refractivity contribution in [2.45, 2.75) is 69.4 Å². The summed E-state index contributed by atoms with van der Waals surface area (Å²) >= 11 is 0. The number of pyridine rings is 2. The van der Waals surface area contributed by atoms with E-state index in [1.165, 1.54) is 6.20 Å². The van der Waals surface area contributed by atoms with Crippen LogP contribution in [0.2, 0.25) is 5.04 Å². The number of urea groups is 1. The number of hydrogen-bond donors (Lipinski definition) is 3. The van der Waals surface area contributed by atoms with Crippen molar-refractivity contribution in [2.24, 2.45) is 0 Å². The number of aromatic nitrogens is 2. The number of aliphatic hydroxyl groups is 1. The summed E-state index contributed by atoms with van der Waals surface area (Å²) in [6.07, 6.45) is 0.985. The zero-order chi connectivity index (χ0) is 42.0. The maximum absolute atomic E-state index is 14.7. The van der Waals surface area contributed by atoms with Gasteiger partial charge in [-0.05, 0) is 34.1 Å². The SMILES string of the molecule is COCCNc1cc(NC(=O)N2c3nc(C(OC)OC)c(CN4CCN(C)CC4O)cc3C3(O[Si](c4ccccc4)(c4ccccc4)C(C)(C)C)CC2C3)ncc1C#N. The lowest BCUT2D eigenvalue weighted by Gasteiger charge is -2.61. The summed E-state index contributed by atoms with van der Waals surface area (Å²) in [4.78, 5) is 30.3. The quantitative estimate of drug-likeness (QED) is 0.0913. The number of carbonyl (C=O) groups is 1. The topological polar surface area (TPSA) is 158 Å². The first kappa shape index (κ1) is 42.4. The molecule has 2 bridgehead atoms. The van der Waals surface area contributed by atoms with E-state index in [4.69, 9.17) is 23.6 Å². The molecule has 3 N–H and O–H groups in total. The minimum Gasteiger partial charge on any atom is -0.398 e. The summed E-state index contributed by atoms with van der Waals surface area (Å²) < 4.78 is 24.9. The number of β-amino-alcohol motifs (C(OH)–C–C–N with tert-alkyl or cyclic N) is 1. The number of amides is 2. The van der Waals surface area contributed by atoms with Gasteiger partial charge < -0.3 is 34.0 Å². The minimum atomic E-state index is -3.11. The van der Waals surface area contributed by atoms with Crippen LogP contribution in [0.15, 0.2) is 79.0 Å². The summed E-state index contributed by atoms with van der Waals surface area (Å²) in [5.41, 5.74) is 2.21. The Morgan fingerprint density at radius 1 is 1.03 bits per heavy atom. The molecule has 2 aromatic heterocycles. The van der Waals surface area contributed by atoms with Crippen molar-refractivity contribution < 1.29 is 28.5 Å². The van der Waals surface area contributed by atoms with Gasteiger partial charge in [0, 0.05) is 90.8 Å². The van der Waals surface area contributed by atoms with Crippen LogP contribution in [0.25, 0.3) is 0 Å². The molecule has 4 aromatic rings. The van der Waals surface area contributed by atoms with Gasteiger partial charge >= 0.3 is 6.03 Å². The van der Waals surface area contributed by atoms with Gasteiger partial charge in [0.1, 0.15) is 29.6 Å². The third-order valence-electron chi connectivity index (χ3n) is 11.9. The van der Waals surface area contributed by atoms with Gasteiger partial charge in [0.05, 0.1) is 23.5 Å². The highest BCUT2D eigenvalue weighted by molar-refractivity contribution is 6.99. The fourth-order valence-corrected chi connectivity index (χ4v) is 13.7. The van der Waals surface area contributed by atoms with Crippen LogP contribution in [0.4, 0.5) is 22.1 Å². The minimum absolute atomic E-state index is 0.257. The van der Waals surface area contributed by atoms with Crippen LogP contribution < -0.4 is 25.9 Å². The Morgan fingerprint density at radius 2 is 1.69 bits per heavy atom. The van der Waals surface area contributed by atoms with Gasteiger partial charge in [0.15, 0.2) is 0 Å². The van der Waals surface area contributed by atoms with E-state index < -0.39 is 32.5 Å². The Bertz CT molecular complexity index is 2100. The van der Waals surface area contributed by atoms with Crippen molar-refractivity contribution in [1.82, 2.24) is 19.8 Å². The largest absolute Gasteiger partial charge is 0.398 e. The van der Waals surface area contributed by atoms with Crippen LogP contribution in [0, 0.1) is 11.3 Å². The number of piperazine rings is 1. The third kappa shape index (κ3) is 8.11. The first-order valence-electron chi connectivity index (χ1n) is 20.1. The van der Waals surface area contributed by atoms with Crippen molar-refractivity contribution in [1.29, 1.82) is 5.26 Å². The van der Waals surface area contributed by atoms with Crippen molar-refractivity contribution >= 4 is 42.0 Å². The molecular weight excluding hydrogens is 765 g/mol. The van der Waals surface area contributed by atoms with Gasteiger partial charge in [0.2, 0.25) is 6.29 Å². The Hall–Kier alpha value is -4.76. The van der Waals surface area contributed by atoms with Gasteiger partial charge in [-0.2, -0.15) is 5.26 Å². The Balaban J connectivity index is 1.38. The highest BCUT2D eigenvalue weighted by Crippen LogP contribution is 2.58. The Kier molecular flexibility index (Phi) is 12.5. The fourth-order valence-electron chi connectivity index (χ4n) is 8.90. The zero-order valence-corrected chi connectivity index (χ0v) is 36.1. The standard InChI is InChI=1S/C44H56N8O6Si/c1-43(2,3)59(33-14-10-8-11-15-33,34-16-12-9-13-17-34)58-44-24-32(25-44)52(42(54)48-37-23-36(46-18-21-55-5)31(26-45)27-47-37)40-35(44)22-30(39(49-40)41(56-6)57-7)28-51-20-19-50(4)29-38(51)53/h8-17,22-23,27,32,38,41,53H,18-21,24-25,28-29H2,1-7H3,(H2,46,47,48,54). The lowest BCUT2D eigenvalue weighted by Crippen LogP contribution is -2.73. The average molecular weight is 821 g/mol. The number of carbonyl (C=O) groups excluding carboxylic acids is 1. The van der Waals surface area contributed by atoms with Crippen LogP contribution >= 0.6 is 0 Å². The Morgan fingerprint density at radius 3 is 2.27 bits per heavy atom. The van der Waals surface area contributed by atoms with Gasteiger partial charge in [-0.1, -0.05) is 81.4 Å². The van der Waals surface area contributed by atoms with Crippen LogP contribution in [0.1, 0.15) is 62.3 Å². The number of nitriles is 1. The molecule has 1 saturated heterocycles. The van der Waals surface area contributed by atoms with Crippen LogP contribution in [0.5, 0.6) is 0 Å². The van der Waals surface area contributed by atoms with E-state index in [-0.39, 0.29) is 16.9 Å². The van der Waals surface area contributed by atoms with E-state index in [9.17, 15) is 15.2 Å². The van der Waals surface area contributed by atoms with E-state index in [0.717, 1.165) is 28.0 Å². The van der Waals surface area contributed by atoms with Crippen molar-refractivity contribution in [3.63, 3.8) is 0 Å². The molecule has 59 heavy (non-hydrogen) atoms. The van der Waals surface area contributed by atoms with E-state index >= 15 is 0 Å². The second-order valence-corrected chi connectivity index (χ2v) is 20.9. The molecular formula is C44H56N8O6Si. The fraction of sp³-hybridized carbons (Fsp3) is 0.455. The van der Waals surface area contributed by atoms with Gasteiger partial charge in [-0.25, -0.2) is 14.8 Å². The van der Waals surface area contributed by atoms with Crippen LogP contribution in [-0.2, 0) is 30.8 Å². The predicted molar refractivity (Wildman–Crippen MR) is 229 cm³/mol. The zero-order valence-electron chi connectivity index (χ0n) is 35.1. The molecule has 1 saturated carbocycles. The molecule has 1 aliphatic carbocycles. The molecule has 1 atom stereocenters. The lowest BCUT2D eigenvalue weighted by atomic mass is 9.67. The number of nitrogens with zero attached hydrogens (tertiary/aromatic N) is 6. The summed E-state index contributed by atoms with van der Waals surface area (Å²) in [6.45, 7) is 10.0. The number of hydrogen-bond acceptors (Lipinski definition) is 12. The number of likely N-dealkylation sites (N-methyl/N-ethyl adjacent to an activating group) is 1. The Labute approximate surface area is 348 Å². The molecule has 2 amide bonds. The monoisotopic (exact) mass is 820 g/mol. The molecule has 8 rings (SSSR count). The molecule has 5 heterocycles. The molecule has 14 nitrogen and oxygen atoms in total. The number of rotatable bonds is 14. The molecule has 0 spiro atoms. The maximum Gasteiger partial charge on any atom is 0.328 e. The molecule has 15 heteroatoms. The van der Waals surface area contributed by atoms with Crippen molar-refractivity contribution in [2.75, 3.05) is 76.7 Å². The average Bonchev–Trinajstić information content (AvgIpc) is 3.21. The first-order chi connectivity index (χ1) is 28.4. The van der Waals surface area contributed by atoms with Gasteiger partial charge in [-0.15, -0.1) is 0 Å². The predicted octanol–water partition coefficient (Wildman–Crippen LogP) is 4.75.